The molecule has 3 heteroatoms. The van der Waals surface area contributed by atoms with Crippen molar-refractivity contribution in [3.05, 3.63) is 64.6 Å². The molecular weight excluding hydrogens is 258 g/mol. The van der Waals surface area contributed by atoms with E-state index in [-0.39, 0.29) is 0 Å². The molecule has 3 rings (SSSR count). The van der Waals surface area contributed by atoms with Gasteiger partial charge in [-0.15, -0.1) is 22.7 Å². The predicted molar refractivity (Wildman–Crippen MR) is 78.1 cm³/mol. The Balaban J connectivity index is 1.80. The van der Waals surface area contributed by atoms with Crippen LogP contribution >= 0.6 is 22.7 Å². The molecule has 0 amide bonds. The monoisotopic (exact) mass is 272 g/mol. The third-order valence-electron chi connectivity index (χ3n) is 2.85. The zero-order chi connectivity index (χ0) is 12.4. The van der Waals surface area contributed by atoms with Crippen LogP contribution in [0.4, 0.5) is 0 Å². The number of aromatic nitrogens is 1. The Bertz CT molecular complexity index is 621. The first kappa shape index (κ1) is 11.6. The zero-order valence-electron chi connectivity index (χ0n) is 10.2. The molecule has 0 saturated heterocycles. The molecule has 0 atom stereocenters. The highest BCUT2D eigenvalue weighted by Crippen LogP contribution is 2.32. The van der Waals surface area contributed by atoms with Crippen molar-refractivity contribution >= 4 is 22.7 Å². The molecule has 3 aromatic heterocycles. The summed E-state index contributed by atoms with van der Waals surface area (Å²) in [5, 5.41) is 2.13. The molecule has 3 heterocycles. The van der Waals surface area contributed by atoms with Crippen molar-refractivity contribution in [3.63, 3.8) is 0 Å². The van der Waals surface area contributed by atoms with Crippen LogP contribution in [0, 0.1) is 0 Å². The van der Waals surface area contributed by atoms with E-state index in [4.69, 9.17) is 0 Å². The molecule has 0 radical (unpaired) electrons. The van der Waals surface area contributed by atoms with Crippen LogP contribution in [0.5, 0.6) is 0 Å². The number of nitrogens with zero attached hydrogens (tertiary/aromatic N) is 1. The van der Waals surface area contributed by atoms with Gasteiger partial charge in [-0.25, -0.2) is 4.57 Å². The smallest absolute Gasteiger partial charge is 0.168 e. The minimum Gasteiger partial charge on any atom is -0.208 e. The second kappa shape index (κ2) is 5.04. The summed E-state index contributed by atoms with van der Waals surface area (Å²) in [7, 11) is 2.05. The highest BCUT2D eigenvalue weighted by Gasteiger charge is 2.05. The van der Waals surface area contributed by atoms with Crippen LogP contribution in [-0.2, 0) is 13.5 Å². The minimum atomic E-state index is 1.02. The molecule has 0 aromatic carbocycles. The highest BCUT2D eigenvalue weighted by molar-refractivity contribution is 7.21. The van der Waals surface area contributed by atoms with E-state index < -0.39 is 0 Å². The van der Waals surface area contributed by atoms with Gasteiger partial charge in [-0.3, -0.25) is 0 Å². The Kier molecular flexibility index (Phi) is 3.26. The van der Waals surface area contributed by atoms with E-state index in [1.165, 1.54) is 20.2 Å². The Morgan fingerprint density at radius 2 is 1.83 bits per heavy atom. The Hall–Kier alpha value is -1.45. The van der Waals surface area contributed by atoms with E-state index in [1.54, 1.807) is 11.3 Å². The molecule has 0 saturated carbocycles. The zero-order valence-corrected chi connectivity index (χ0v) is 11.8. The first-order chi connectivity index (χ1) is 8.81. The summed E-state index contributed by atoms with van der Waals surface area (Å²) in [6, 6.07) is 13.1. The van der Waals surface area contributed by atoms with E-state index in [9.17, 15) is 0 Å². The lowest BCUT2D eigenvalue weighted by Gasteiger charge is -1.96. The number of aryl methyl sites for hydroxylation is 1. The van der Waals surface area contributed by atoms with Gasteiger partial charge in [0.2, 0.25) is 0 Å². The average molecular weight is 272 g/mol. The highest BCUT2D eigenvalue weighted by atomic mass is 32.1. The van der Waals surface area contributed by atoms with Crippen molar-refractivity contribution in [1.82, 2.24) is 0 Å². The van der Waals surface area contributed by atoms with Crippen molar-refractivity contribution in [2.24, 2.45) is 7.05 Å². The Labute approximate surface area is 115 Å². The summed E-state index contributed by atoms with van der Waals surface area (Å²) < 4.78 is 2.06. The Morgan fingerprint density at radius 1 is 1.00 bits per heavy atom. The van der Waals surface area contributed by atoms with Gasteiger partial charge in [-0.1, -0.05) is 6.07 Å². The van der Waals surface area contributed by atoms with Gasteiger partial charge < -0.3 is 0 Å². The van der Waals surface area contributed by atoms with Crippen LogP contribution in [0.3, 0.4) is 0 Å². The quantitative estimate of drug-likeness (QED) is 0.637. The van der Waals surface area contributed by atoms with Crippen LogP contribution in [0.1, 0.15) is 10.4 Å². The molecule has 0 spiro atoms. The molecule has 0 aliphatic carbocycles. The lowest BCUT2D eigenvalue weighted by Crippen LogP contribution is -2.25. The lowest BCUT2D eigenvalue weighted by atomic mass is 10.2. The second-order valence-electron chi connectivity index (χ2n) is 4.29. The summed E-state index contributed by atoms with van der Waals surface area (Å²) in [6.45, 7) is 0. The van der Waals surface area contributed by atoms with Gasteiger partial charge in [0.15, 0.2) is 12.4 Å². The minimum absolute atomic E-state index is 1.02. The van der Waals surface area contributed by atoms with Crippen LogP contribution in [0.25, 0.3) is 9.75 Å². The van der Waals surface area contributed by atoms with Crippen molar-refractivity contribution in [2.75, 3.05) is 0 Å². The SMILES string of the molecule is C[n+]1ccc(Cc2ccc(-c3cccs3)s2)cc1. The molecule has 3 aromatic rings. The molecular formula is C15H14NS2+. The fourth-order valence-corrected chi connectivity index (χ4v) is 3.75. The predicted octanol–water partition coefficient (Wildman–Crippen LogP) is 3.89. The molecule has 1 nitrogen and oxygen atoms in total. The van der Waals surface area contributed by atoms with Crippen molar-refractivity contribution in [2.45, 2.75) is 6.42 Å². The van der Waals surface area contributed by atoms with Gasteiger partial charge in [-0.2, -0.15) is 0 Å². The van der Waals surface area contributed by atoms with Crippen molar-refractivity contribution in [1.29, 1.82) is 0 Å². The van der Waals surface area contributed by atoms with Crippen molar-refractivity contribution in [3.8, 4) is 9.75 Å². The van der Waals surface area contributed by atoms with Crippen molar-refractivity contribution < 1.29 is 4.57 Å². The lowest BCUT2D eigenvalue weighted by molar-refractivity contribution is -0.671. The maximum Gasteiger partial charge on any atom is 0.168 e. The maximum atomic E-state index is 2.24. The number of hydrogen-bond acceptors (Lipinski definition) is 2. The van der Waals surface area contributed by atoms with Gasteiger partial charge in [0.25, 0.3) is 0 Å². The van der Waals surface area contributed by atoms with E-state index >= 15 is 0 Å². The van der Waals surface area contributed by atoms with Gasteiger partial charge >= 0.3 is 0 Å². The number of hydrogen-bond donors (Lipinski definition) is 0. The molecule has 0 N–H and O–H groups in total. The largest absolute Gasteiger partial charge is 0.208 e. The standard InChI is InChI=1S/C15H14NS2/c1-16-8-6-12(7-9-16)11-13-4-5-15(18-13)14-3-2-10-17-14/h2-10H,11H2,1H3/q+1. The molecule has 0 aliphatic rings. The summed E-state index contributed by atoms with van der Waals surface area (Å²) >= 11 is 3.70. The number of thiophene rings is 2. The molecule has 90 valence electrons. The third kappa shape index (κ3) is 2.52. The number of pyridine rings is 1. The normalized spacial score (nSPS) is 10.7. The van der Waals surface area contributed by atoms with E-state index in [0.717, 1.165) is 6.42 Å². The fourth-order valence-electron chi connectivity index (χ4n) is 1.88. The van der Waals surface area contributed by atoms with E-state index in [2.05, 4.69) is 58.7 Å². The van der Waals surface area contributed by atoms with Crippen LogP contribution in [0.2, 0.25) is 0 Å². The van der Waals surface area contributed by atoms with E-state index in [0.29, 0.717) is 0 Å². The maximum absolute atomic E-state index is 2.24. The van der Waals surface area contributed by atoms with Crippen LogP contribution in [-0.4, -0.2) is 0 Å². The Morgan fingerprint density at radius 3 is 2.56 bits per heavy atom. The summed E-state index contributed by atoms with van der Waals surface area (Å²) in [6.07, 6.45) is 5.23. The summed E-state index contributed by atoms with van der Waals surface area (Å²) in [5.74, 6) is 0. The molecule has 0 fully saturated rings. The first-order valence-electron chi connectivity index (χ1n) is 5.88. The van der Waals surface area contributed by atoms with E-state index in [1.807, 2.05) is 18.4 Å². The van der Waals surface area contributed by atoms with Gasteiger partial charge in [0.1, 0.15) is 7.05 Å². The third-order valence-corrected chi connectivity index (χ3v) is 5.00. The number of rotatable bonds is 3. The second-order valence-corrected chi connectivity index (χ2v) is 6.41. The van der Waals surface area contributed by atoms with Crippen LogP contribution in [0.15, 0.2) is 54.2 Å². The first-order valence-corrected chi connectivity index (χ1v) is 7.57. The molecule has 18 heavy (non-hydrogen) atoms. The molecule has 0 aliphatic heterocycles. The summed E-state index contributed by atoms with van der Waals surface area (Å²) in [4.78, 5) is 4.17. The molecule has 0 unspecified atom stereocenters. The average Bonchev–Trinajstić information content (AvgIpc) is 3.02. The van der Waals surface area contributed by atoms with Gasteiger partial charge in [0.05, 0.1) is 0 Å². The fraction of sp³-hybridized carbons (Fsp3) is 0.133. The van der Waals surface area contributed by atoms with Gasteiger partial charge in [0, 0.05) is 33.2 Å². The topological polar surface area (TPSA) is 3.88 Å². The summed E-state index contributed by atoms with van der Waals surface area (Å²) in [5.41, 5.74) is 1.37. The van der Waals surface area contributed by atoms with Crippen LogP contribution < -0.4 is 4.57 Å². The molecule has 0 bridgehead atoms. The van der Waals surface area contributed by atoms with Gasteiger partial charge in [-0.05, 0) is 29.1 Å².